The van der Waals surface area contributed by atoms with Crippen LogP contribution >= 0.6 is 11.3 Å². The molecule has 0 aliphatic carbocycles. The van der Waals surface area contributed by atoms with E-state index in [0.717, 1.165) is 10.6 Å². The maximum Gasteiger partial charge on any atom is 0.222 e. The van der Waals surface area contributed by atoms with E-state index in [1.807, 2.05) is 6.07 Å². The van der Waals surface area contributed by atoms with Crippen molar-refractivity contribution in [3.05, 3.63) is 34.7 Å². The van der Waals surface area contributed by atoms with Crippen LogP contribution in [0.4, 0.5) is 0 Å². The van der Waals surface area contributed by atoms with Crippen LogP contribution in [-0.4, -0.2) is 10.1 Å². The second kappa shape index (κ2) is 3.42. The number of benzene rings is 1. The van der Waals surface area contributed by atoms with Crippen molar-refractivity contribution in [3.63, 3.8) is 0 Å². The van der Waals surface area contributed by atoms with E-state index in [0.29, 0.717) is 0 Å². The minimum atomic E-state index is 0.102. The van der Waals surface area contributed by atoms with Crippen molar-refractivity contribution >= 4 is 11.3 Å². The van der Waals surface area contributed by atoms with Crippen molar-refractivity contribution < 1.29 is 5.11 Å². The van der Waals surface area contributed by atoms with Crippen LogP contribution in [0, 0.1) is 13.8 Å². The number of aryl methyl sites for hydroxylation is 2. The molecule has 72 valence electrons. The summed E-state index contributed by atoms with van der Waals surface area (Å²) in [5.74, 6) is 0.102. The Hall–Kier alpha value is -1.35. The van der Waals surface area contributed by atoms with Gasteiger partial charge in [0, 0.05) is 5.56 Å². The van der Waals surface area contributed by atoms with Gasteiger partial charge < -0.3 is 5.11 Å². The largest absolute Gasteiger partial charge is 0.493 e. The van der Waals surface area contributed by atoms with Crippen molar-refractivity contribution in [1.82, 2.24) is 4.98 Å². The fourth-order valence-corrected chi connectivity index (χ4v) is 2.21. The van der Waals surface area contributed by atoms with Gasteiger partial charge >= 0.3 is 0 Å². The summed E-state index contributed by atoms with van der Waals surface area (Å²) in [7, 11) is 0. The van der Waals surface area contributed by atoms with E-state index in [4.69, 9.17) is 5.11 Å². The average molecular weight is 205 g/mol. The molecule has 1 N–H and O–H groups in total. The molecular weight excluding hydrogens is 194 g/mol. The minimum absolute atomic E-state index is 0.102. The third-order valence-electron chi connectivity index (χ3n) is 2.10. The highest BCUT2D eigenvalue weighted by molar-refractivity contribution is 7.13. The summed E-state index contributed by atoms with van der Waals surface area (Å²) in [6.45, 7) is 4.12. The number of hydrogen-bond acceptors (Lipinski definition) is 3. The van der Waals surface area contributed by atoms with Crippen LogP contribution in [0.1, 0.15) is 11.1 Å². The lowest BCUT2D eigenvalue weighted by atomic mass is 10.1. The fourth-order valence-electron chi connectivity index (χ4n) is 1.44. The molecule has 1 heterocycles. The highest BCUT2D eigenvalue weighted by atomic mass is 32.1. The molecule has 0 unspecified atom stereocenters. The van der Waals surface area contributed by atoms with Gasteiger partial charge in [0.1, 0.15) is 5.01 Å². The lowest BCUT2D eigenvalue weighted by molar-refractivity contribution is 0.458. The Morgan fingerprint density at radius 1 is 1.29 bits per heavy atom. The van der Waals surface area contributed by atoms with E-state index in [-0.39, 0.29) is 5.88 Å². The number of thiazole rings is 1. The lowest BCUT2D eigenvalue weighted by Crippen LogP contribution is -1.83. The van der Waals surface area contributed by atoms with Gasteiger partial charge in [-0.2, -0.15) is 0 Å². The van der Waals surface area contributed by atoms with E-state index in [1.54, 1.807) is 5.38 Å². The zero-order valence-electron chi connectivity index (χ0n) is 8.11. The minimum Gasteiger partial charge on any atom is -0.493 e. The first-order chi connectivity index (χ1) is 6.66. The predicted octanol–water partition coefficient (Wildman–Crippen LogP) is 3.13. The Kier molecular flexibility index (Phi) is 2.25. The van der Waals surface area contributed by atoms with Crippen LogP contribution < -0.4 is 0 Å². The number of nitrogens with zero attached hydrogens (tertiary/aromatic N) is 1. The molecular formula is C11H11NOS. The van der Waals surface area contributed by atoms with Gasteiger partial charge in [0.25, 0.3) is 0 Å². The first-order valence-corrected chi connectivity index (χ1v) is 5.27. The SMILES string of the molecule is Cc1ccc(-c2nc(O)cs2)c(C)c1. The Morgan fingerprint density at radius 3 is 2.64 bits per heavy atom. The second-order valence-corrected chi connectivity index (χ2v) is 4.19. The van der Waals surface area contributed by atoms with Crippen LogP contribution in [0.3, 0.4) is 0 Å². The molecule has 0 aliphatic rings. The summed E-state index contributed by atoms with van der Waals surface area (Å²) in [5.41, 5.74) is 3.53. The Morgan fingerprint density at radius 2 is 2.07 bits per heavy atom. The van der Waals surface area contributed by atoms with Crippen LogP contribution in [0.25, 0.3) is 10.6 Å². The van der Waals surface area contributed by atoms with Crippen molar-refractivity contribution in [1.29, 1.82) is 0 Å². The standard InChI is InChI=1S/C11H11NOS/c1-7-3-4-9(8(2)5-7)11-12-10(13)6-14-11/h3-6,13H,1-2H3. The molecule has 0 aliphatic heterocycles. The zero-order chi connectivity index (χ0) is 10.1. The molecule has 2 rings (SSSR count). The fraction of sp³-hybridized carbons (Fsp3) is 0.182. The zero-order valence-corrected chi connectivity index (χ0v) is 8.93. The molecule has 0 radical (unpaired) electrons. The maximum absolute atomic E-state index is 9.16. The topological polar surface area (TPSA) is 33.1 Å². The van der Waals surface area contributed by atoms with Gasteiger partial charge in [0.2, 0.25) is 5.88 Å². The van der Waals surface area contributed by atoms with Crippen LogP contribution in [0.15, 0.2) is 23.6 Å². The number of hydrogen-bond donors (Lipinski definition) is 1. The average Bonchev–Trinajstić information content (AvgIpc) is 2.51. The third-order valence-corrected chi connectivity index (χ3v) is 2.97. The van der Waals surface area contributed by atoms with E-state index in [9.17, 15) is 0 Å². The van der Waals surface area contributed by atoms with Gasteiger partial charge in [-0.25, -0.2) is 4.98 Å². The summed E-state index contributed by atoms with van der Waals surface area (Å²) >= 11 is 1.46. The van der Waals surface area contributed by atoms with Gasteiger partial charge in [-0.3, -0.25) is 0 Å². The van der Waals surface area contributed by atoms with Crippen LogP contribution in [0.2, 0.25) is 0 Å². The summed E-state index contributed by atoms with van der Waals surface area (Å²) in [4.78, 5) is 4.05. The number of rotatable bonds is 1. The Labute approximate surface area is 86.9 Å². The molecule has 2 nitrogen and oxygen atoms in total. The monoisotopic (exact) mass is 205 g/mol. The van der Waals surface area contributed by atoms with Gasteiger partial charge in [-0.05, 0) is 19.4 Å². The van der Waals surface area contributed by atoms with E-state index in [2.05, 4.69) is 31.0 Å². The summed E-state index contributed by atoms with van der Waals surface area (Å²) in [6.07, 6.45) is 0. The smallest absolute Gasteiger partial charge is 0.222 e. The Bertz CT molecular complexity index is 462. The molecule has 1 aromatic heterocycles. The molecule has 0 saturated heterocycles. The molecule has 0 atom stereocenters. The third kappa shape index (κ3) is 1.63. The predicted molar refractivity (Wildman–Crippen MR) is 58.7 cm³/mol. The molecule has 3 heteroatoms. The van der Waals surface area contributed by atoms with Gasteiger partial charge in [0.15, 0.2) is 0 Å². The van der Waals surface area contributed by atoms with Gasteiger partial charge in [-0.15, -0.1) is 11.3 Å². The van der Waals surface area contributed by atoms with Crippen LogP contribution in [0.5, 0.6) is 5.88 Å². The normalized spacial score (nSPS) is 10.4. The van der Waals surface area contributed by atoms with E-state index >= 15 is 0 Å². The molecule has 1 aromatic carbocycles. The molecule has 0 saturated carbocycles. The van der Waals surface area contributed by atoms with E-state index in [1.165, 1.54) is 22.5 Å². The van der Waals surface area contributed by atoms with Crippen molar-refractivity contribution in [2.45, 2.75) is 13.8 Å². The molecule has 2 aromatic rings. The number of aromatic hydroxyl groups is 1. The summed E-state index contributed by atoms with van der Waals surface area (Å²) < 4.78 is 0. The maximum atomic E-state index is 9.16. The molecule has 0 bridgehead atoms. The Balaban J connectivity index is 2.52. The van der Waals surface area contributed by atoms with Crippen LogP contribution in [-0.2, 0) is 0 Å². The molecule has 0 fully saturated rings. The molecule has 0 amide bonds. The van der Waals surface area contributed by atoms with Crippen molar-refractivity contribution in [2.24, 2.45) is 0 Å². The van der Waals surface area contributed by atoms with Crippen molar-refractivity contribution in [3.8, 4) is 16.5 Å². The van der Waals surface area contributed by atoms with E-state index < -0.39 is 0 Å². The first kappa shape index (κ1) is 9.21. The second-order valence-electron chi connectivity index (χ2n) is 3.33. The molecule has 0 spiro atoms. The van der Waals surface area contributed by atoms with Gasteiger partial charge in [-0.1, -0.05) is 23.8 Å². The lowest BCUT2D eigenvalue weighted by Gasteiger charge is -2.02. The van der Waals surface area contributed by atoms with Crippen molar-refractivity contribution in [2.75, 3.05) is 0 Å². The highest BCUT2D eigenvalue weighted by Gasteiger charge is 2.06. The summed E-state index contributed by atoms with van der Waals surface area (Å²) in [6, 6.07) is 6.22. The number of aromatic nitrogens is 1. The highest BCUT2D eigenvalue weighted by Crippen LogP contribution is 2.29. The summed E-state index contributed by atoms with van der Waals surface area (Å²) in [5, 5.41) is 11.7. The molecule has 14 heavy (non-hydrogen) atoms. The first-order valence-electron chi connectivity index (χ1n) is 4.39. The quantitative estimate of drug-likeness (QED) is 0.775. The van der Waals surface area contributed by atoms with Gasteiger partial charge in [0.05, 0.1) is 5.38 Å².